The molecule has 37 heavy (non-hydrogen) atoms. The van der Waals surface area contributed by atoms with Crippen LogP contribution < -0.4 is 0 Å². The largest absolute Gasteiger partial charge is 0.416 e. The number of halogens is 5. The normalized spacial score (nSPS) is 18.4. The monoisotopic (exact) mass is 523 g/mol. The van der Waals surface area contributed by atoms with E-state index in [2.05, 4.69) is 10.2 Å². The van der Waals surface area contributed by atoms with Crippen molar-refractivity contribution in [1.29, 1.82) is 0 Å². The van der Waals surface area contributed by atoms with Crippen molar-refractivity contribution in [1.82, 2.24) is 15.1 Å². The lowest BCUT2D eigenvalue weighted by Gasteiger charge is -2.39. The van der Waals surface area contributed by atoms with Crippen molar-refractivity contribution in [3.8, 4) is 11.5 Å². The fraction of sp³-hybridized carbons (Fsp3) is 0.400. The summed E-state index contributed by atoms with van der Waals surface area (Å²) in [4.78, 5) is 15.0. The maximum atomic E-state index is 13.6. The van der Waals surface area contributed by atoms with Crippen LogP contribution in [0, 0.1) is 5.92 Å². The molecule has 1 N–H and O–H groups in total. The minimum atomic E-state index is -4.58. The zero-order valence-electron chi connectivity index (χ0n) is 19.3. The van der Waals surface area contributed by atoms with Crippen LogP contribution in [-0.2, 0) is 17.5 Å². The maximum Gasteiger partial charge on any atom is 0.416 e. The third-order valence-corrected chi connectivity index (χ3v) is 6.80. The van der Waals surface area contributed by atoms with E-state index in [-0.39, 0.29) is 35.0 Å². The predicted octanol–water partition coefficient (Wildman–Crippen LogP) is 5.18. The second-order valence-corrected chi connectivity index (χ2v) is 9.06. The molecular formula is C25H22F5N3O4. The highest BCUT2D eigenvalue weighted by atomic mass is 19.4. The van der Waals surface area contributed by atoms with Crippen molar-refractivity contribution in [2.75, 3.05) is 13.2 Å². The third kappa shape index (κ3) is 4.95. The molecule has 5 rings (SSSR count). The second-order valence-electron chi connectivity index (χ2n) is 9.06. The fourth-order valence-corrected chi connectivity index (χ4v) is 4.97. The summed E-state index contributed by atoms with van der Waals surface area (Å²) in [5.41, 5.74) is 0.326. The lowest BCUT2D eigenvalue weighted by Crippen LogP contribution is -2.46. The van der Waals surface area contributed by atoms with Crippen LogP contribution in [0.15, 0.2) is 46.9 Å². The smallest absolute Gasteiger partial charge is 0.415 e. The zero-order chi connectivity index (χ0) is 26.3. The molecule has 0 aliphatic carbocycles. The van der Waals surface area contributed by atoms with E-state index in [4.69, 9.17) is 9.15 Å². The highest BCUT2D eigenvalue weighted by Crippen LogP contribution is 2.39. The van der Waals surface area contributed by atoms with Crippen LogP contribution in [0.2, 0.25) is 0 Å². The number of nitrogens with zero attached hydrogens (tertiary/aromatic N) is 3. The number of alkyl halides is 5. The van der Waals surface area contributed by atoms with Crippen molar-refractivity contribution in [3.05, 3.63) is 70.6 Å². The Morgan fingerprint density at radius 1 is 1.05 bits per heavy atom. The van der Waals surface area contributed by atoms with Crippen LogP contribution in [-0.4, -0.2) is 45.4 Å². The Morgan fingerprint density at radius 3 is 2.49 bits per heavy atom. The number of carbonyl (C=O) groups excluding carboxylic acids is 1. The van der Waals surface area contributed by atoms with Gasteiger partial charge in [0.2, 0.25) is 5.89 Å². The van der Waals surface area contributed by atoms with E-state index in [1.807, 2.05) is 0 Å². The first-order chi connectivity index (χ1) is 17.6. The van der Waals surface area contributed by atoms with Crippen LogP contribution in [0.4, 0.5) is 22.0 Å². The first-order valence-electron chi connectivity index (χ1n) is 11.6. The molecule has 7 nitrogen and oxygen atoms in total. The number of aromatic nitrogens is 2. The molecule has 2 aliphatic heterocycles. The zero-order valence-corrected chi connectivity index (χ0v) is 19.3. The van der Waals surface area contributed by atoms with Gasteiger partial charge in [-0.05, 0) is 54.2 Å². The molecule has 2 aliphatic rings. The molecule has 1 aromatic heterocycles. The molecule has 0 radical (unpaired) electrons. The molecule has 3 heterocycles. The average Bonchev–Trinajstić information content (AvgIpc) is 3.50. The summed E-state index contributed by atoms with van der Waals surface area (Å²) >= 11 is 0. The van der Waals surface area contributed by atoms with Gasteiger partial charge in [0, 0.05) is 30.9 Å². The van der Waals surface area contributed by atoms with E-state index in [1.165, 1.54) is 23.1 Å². The molecule has 12 heteroatoms. The maximum absolute atomic E-state index is 13.6. The second kappa shape index (κ2) is 9.82. The molecule has 1 fully saturated rings. The third-order valence-electron chi connectivity index (χ3n) is 6.80. The Hall–Kier alpha value is -3.38. The molecule has 0 saturated carbocycles. The minimum Gasteiger partial charge on any atom is -0.415 e. The van der Waals surface area contributed by atoms with Crippen molar-refractivity contribution in [3.63, 3.8) is 0 Å². The van der Waals surface area contributed by atoms with Gasteiger partial charge in [0.15, 0.2) is 0 Å². The van der Waals surface area contributed by atoms with E-state index in [0.717, 1.165) is 12.1 Å². The summed E-state index contributed by atoms with van der Waals surface area (Å²) in [5, 5.41) is 18.3. The Bertz CT molecular complexity index is 1290. The van der Waals surface area contributed by atoms with Gasteiger partial charge in [-0.25, -0.2) is 0 Å². The van der Waals surface area contributed by atoms with Crippen molar-refractivity contribution >= 4 is 5.91 Å². The van der Waals surface area contributed by atoms with Gasteiger partial charge in [-0.3, -0.25) is 4.79 Å². The number of carbonyl (C=O) groups is 1. The first-order valence-corrected chi connectivity index (χ1v) is 11.6. The number of hydrogen-bond acceptors (Lipinski definition) is 6. The van der Waals surface area contributed by atoms with Gasteiger partial charge in [0.1, 0.15) is 0 Å². The van der Waals surface area contributed by atoms with E-state index in [1.54, 1.807) is 12.1 Å². The van der Waals surface area contributed by atoms with Crippen molar-refractivity contribution in [2.24, 2.45) is 5.92 Å². The average molecular weight is 523 g/mol. The molecule has 196 valence electrons. The van der Waals surface area contributed by atoms with Crippen molar-refractivity contribution < 1.29 is 41.0 Å². The summed E-state index contributed by atoms with van der Waals surface area (Å²) in [6, 6.07) is 8.30. The van der Waals surface area contributed by atoms with Crippen LogP contribution in [0.5, 0.6) is 0 Å². The first kappa shape index (κ1) is 25.3. The Labute approximate surface area is 207 Å². The Balaban J connectivity index is 1.47. The number of hydrogen-bond donors (Lipinski definition) is 1. The molecule has 1 saturated heterocycles. The Kier molecular flexibility index (Phi) is 6.71. The summed E-state index contributed by atoms with van der Waals surface area (Å²) in [6.07, 6.45) is -7.87. The topological polar surface area (TPSA) is 88.7 Å². The number of aliphatic hydroxyl groups excluding tert-OH is 1. The number of amides is 1. The Morgan fingerprint density at radius 2 is 1.81 bits per heavy atom. The highest BCUT2D eigenvalue weighted by Gasteiger charge is 2.42. The predicted molar refractivity (Wildman–Crippen MR) is 118 cm³/mol. The summed E-state index contributed by atoms with van der Waals surface area (Å²) in [6.45, 7) is 0.928. The van der Waals surface area contributed by atoms with Crippen LogP contribution in [0.1, 0.15) is 58.3 Å². The standard InChI is InChI=1S/C25H22F5N3O4/c26-21(27)23-32-31-22(37-23)15-4-5-16-12-33(24(35)18(16)11-15)19(13-6-8-36-9-7-13)20(34)14-2-1-3-17(10-14)25(28,29)30/h1-5,10-11,13,19-21,34H,6-9,12H2/t19-,20+/m1/s1. The molecule has 1 amide bonds. The van der Waals surface area contributed by atoms with E-state index in [9.17, 15) is 31.9 Å². The van der Waals surface area contributed by atoms with E-state index >= 15 is 0 Å². The molecule has 0 spiro atoms. The lowest BCUT2D eigenvalue weighted by molar-refractivity contribution is -0.137. The van der Waals surface area contributed by atoms with Gasteiger partial charge in [0.05, 0.1) is 17.7 Å². The number of fused-ring (bicyclic) bond motifs is 1. The van der Waals surface area contributed by atoms with Gasteiger partial charge in [-0.2, -0.15) is 22.0 Å². The van der Waals surface area contributed by atoms with Gasteiger partial charge in [0.25, 0.3) is 11.8 Å². The van der Waals surface area contributed by atoms with Crippen LogP contribution in [0.3, 0.4) is 0 Å². The molecule has 2 aromatic carbocycles. The SMILES string of the molecule is O=C1c2cc(-c3nnc(C(F)F)o3)ccc2CN1[C@H](C1CCOCC1)[C@@H](O)c1cccc(C(F)(F)F)c1. The number of benzene rings is 2. The van der Waals surface area contributed by atoms with Gasteiger partial charge in [-0.1, -0.05) is 18.2 Å². The van der Waals surface area contributed by atoms with Crippen LogP contribution in [0.25, 0.3) is 11.5 Å². The van der Waals surface area contributed by atoms with Crippen LogP contribution >= 0.6 is 0 Å². The summed E-state index contributed by atoms with van der Waals surface area (Å²) < 4.78 is 76.1. The van der Waals surface area contributed by atoms with Gasteiger partial charge < -0.3 is 19.2 Å². The molecular weight excluding hydrogens is 501 g/mol. The summed E-state index contributed by atoms with van der Waals surface area (Å²) in [7, 11) is 0. The highest BCUT2D eigenvalue weighted by molar-refractivity contribution is 5.99. The number of rotatable bonds is 6. The van der Waals surface area contributed by atoms with Crippen molar-refractivity contribution in [2.45, 2.75) is 44.1 Å². The molecule has 2 atom stereocenters. The quantitative estimate of drug-likeness (QED) is 0.448. The van der Waals surface area contributed by atoms with Gasteiger partial charge in [-0.15, -0.1) is 10.2 Å². The lowest BCUT2D eigenvalue weighted by atomic mass is 9.84. The number of aliphatic hydroxyl groups is 1. The number of ether oxygens (including phenoxy) is 1. The molecule has 3 aromatic rings. The van der Waals surface area contributed by atoms with E-state index in [0.29, 0.717) is 31.6 Å². The summed E-state index contributed by atoms with van der Waals surface area (Å²) in [5.74, 6) is -1.67. The van der Waals surface area contributed by atoms with Gasteiger partial charge >= 0.3 is 12.6 Å². The minimum absolute atomic E-state index is 0.0566. The molecule has 0 unspecified atom stereocenters. The van der Waals surface area contributed by atoms with E-state index < -0.39 is 42.1 Å². The molecule has 0 bridgehead atoms. The fourth-order valence-electron chi connectivity index (χ4n) is 4.97.